The molecule has 0 saturated carbocycles. The maximum Gasteiger partial charge on any atom is 0.162 e. The summed E-state index contributed by atoms with van der Waals surface area (Å²) in [6, 6.07) is 5.88. The molecule has 0 radical (unpaired) electrons. The number of carbonyl (C=O) groups excluding carboxylic acids is 1. The van der Waals surface area contributed by atoms with E-state index in [0.29, 0.717) is 0 Å². The van der Waals surface area contributed by atoms with Crippen molar-refractivity contribution in [3.63, 3.8) is 0 Å². The molecular weight excluding hydrogens is 216 g/mol. The van der Waals surface area contributed by atoms with Crippen LogP contribution in [-0.2, 0) is 10.2 Å². The van der Waals surface area contributed by atoms with Crippen LogP contribution < -0.4 is 10.8 Å². The van der Waals surface area contributed by atoms with Crippen LogP contribution in [0.4, 0.5) is 11.4 Å². The second kappa shape index (κ2) is 7.04. The van der Waals surface area contributed by atoms with Crippen LogP contribution in [0.1, 0.15) is 33.3 Å². The van der Waals surface area contributed by atoms with Crippen LogP contribution in [0.25, 0.3) is 0 Å². The van der Waals surface area contributed by atoms with Gasteiger partial charge in [0.1, 0.15) is 6.29 Å². The standard InChI is InChI=1S/C11H18N2O.C2H4O/c1-11(2,3)9-7-8(13-14)5-6-10(9)12-4;1-2-3/h5-7,12-14H,1-4H3;2H,1H3/p+1. The first-order chi connectivity index (χ1) is 7.90. The van der Waals surface area contributed by atoms with Gasteiger partial charge in [-0.05, 0) is 24.0 Å². The Morgan fingerprint density at radius 1 is 1.35 bits per heavy atom. The summed E-state index contributed by atoms with van der Waals surface area (Å²) in [5, 5.41) is 12.1. The van der Waals surface area contributed by atoms with E-state index < -0.39 is 0 Å². The molecule has 0 spiro atoms. The minimum atomic E-state index is 0.0807. The first kappa shape index (κ1) is 15.6. The van der Waals surface area contributed by atoms with Gasteiger partial charge < -0.3 is 10.1 Å². The lowest BCUT2D eigenvalue weighted by Crippen LogP contribution is -2.73. The van der Waals surface area contributed by atoms with Gasteiger partial charge in [-0.2, -0.15) is 5.48 Å². The largest absolute Gasteiger partial charge is 0.388 e. The van der Waals surface area contributed by atoms with Crippen LogP contribution in [0.2, 0.25) is 0 Å². The second-order valence-corrected chi connectivity index (χ2v) is 4.67. The van der Waals surface area contributed by atoms with Crippen molar-refractivity contribution in [3.8, 4) is 0 Å². The van der Waals surface area contributed by atoms with E-state index in [0.717, 1.165) is 23.1 Å². The van der Waals surface area contributed by atoms with Gasteiger partial charge in [0.25, 0.3) is 0 Å². The van der Waals surface area contributed by atoms with Crippen LogP contribution in [0.5, 0.6) is 0 Å². The summed E-state index contributed by atoms with van der Waals surface area (Å²) in [4.78, 5) is 8.81. The van der Waals surface area contributed by atoms with Crippen molar-refractivity contribution in [1.29, 1.82) is 0 Å². The number of benzene rings is 1. The highest BCUT2D eigenvalue weighted by molar-refractivity contribution is 5.57. The Morgan fingerprint density at radius 3 is 2.24 bits per heavy atom. The quantitative estimate of drug-likeness (QED) is 0.419. The third-order valence-electron chi connectivity index (χ3n) is 2.27. The molecule has 96 valence electrons. The maximum absolute atomic E-state index is 8.95. The number of carbonyl (C=O) groups is 1. The average molecular weight is 239 g/mol. The number of aldehydes is 1. The lowest BCUT2D eigenvalue weighted by Gasteiger charge is -2.22. The van der Waals surface area contributed by atoms with Gasteiger partial charge in [-0.25, -0.2) is 5.21 Å². The molecule has 0 fully saturated rings. The minimum absolute atomic E-state index is 0.0807. The van der Waals surface area contributed by atoms with Crippen LogP contribution >= 0.6 is 0 Å². The number of quaternary nitrogens is 1. The molecule has 0 saturated heterocycles. The van der Waals surface area contributed by atoms with Crippen molar-refractivity contribution >= 4 is 17.7 Å². The number of hydrogen-bond acceptors (Lipinski definition) is 3. The van der Waals surface area contributed by atoms with Gasteiger partial charge in [-0.1, -0.05) is 20.8 Å². The molecule has 0 unspecified atom stereocenters. The second-order valence-electron chi connectivity index (χ2n) is 4.67. The summed E-state index contributed by atoms with van der Waals surface area (Å²) in [7, 11) is 1.91. The highest BCUT2D eigenvalue weighted by Crippen LogP contribution is 2.30. The molecule has 0 aromatic heterocycles. The van der Waals surface area contributed by atoms with E-state index in [1.165, 1.54) is 12.5 Å². The van der Waals surface area contributed by atoms with Crippen molar-refractivity contribution in [2.45, 2.75) is 33.1 Å². The van der Waals surface area contributed by atoms with Crippen molar-refractivity contribution in [2.24, 2.45) is 0 Å². The zero-order valence-electron chi connectivity index (χ0n) is 11.2. The van der Waals surface area contributed by atoms with Crippen LogP contribution in [-0.4, -0.2) is 18.5 Å². The first-order valence-corrected chi connectivity index (χ1v) is 5.60. The van der Waals surface area contributed by atoms with Gasteiger partial charge in [0.2, 0.25) is 0 Å². The predicted octanol–water partition coefficient (Wildman–Crippen LogP) is 1.82. The molecule has 4 nitrogen and oxygen atoms in total. The molecule has 1 aromatic rings. The Balaban J connectivity index is 0.000000770. The molecule has 0 heterocycles. The van der Waals surface area contributed by atoms with E-state index in [2.05, 4.69) is 26.1 Å². The van der Waals surface area contributed by atoms with Crippen LogP contribution in [0.15, 0.2) is 18.2 Å². The molecule has 4 heteroatoms. The molecule has 4 N–H and O–H groups in total. The number of hydrogen-bond donors (Lipinski definition) is 3. The third kappa shape index (κ3) is 4.97. The molecule has 0 aliphatic heterocycles. The van der Waals surface area contributed by atoms with E-state index >= 15 is 0 Å². The molecule has 0 atom stereocenters. The van der Waals surface area contributed by atoms with Crippen molar-refractivity contribution in [2.75, 3.05) is 12.4 Å². The summed E-state index contributed by atoms with van der Waals surface area (Å²) in [6.45, 7) is 7.92. The van der Waals surface area contributed by atoms with E-state index in [-0.39, 0.29) is 5.41 Å². The Hall–Kier alpha value is -1.39. The zero-order valence-corrected chi connectivity index (χ0v) is 11.2. The van der Waals surface area contributed by atoms with Gasteiger partial charge in [-0.15, -0.1) is 0 Å². The Morgan fingerprint density at radius 2 is 1.88 bits per heavy atom. The summed E-state index contributed by atoms with van der Waals surface area (Å²) < 4.78 is 0. The van der Waals surface area contributed by atoms with Gasteiger partial charge in [0.15, 0.2) is 5.69 Å². The number of rotatable bonds is 2. The van der Waals surface area contributed by atoms with E-state index in [1.54, 1.807) is 0 Å². The molecular formula is C13H23N2O2+. The van der Waals surface area contributed by atoms with Gasteiger partial charge in [0.05, 0.1) is 0 Å². The molecule has 1 rings (SSSR count). The molecule has 17 heavy (non-hydrogen) atoms. The van der Waals surface area contributed by atoms with Gasteiger partial charge >= 0.3 is 0 Å². The number of nitrogens with one attached hydrogen (secondary N) is 1. The lowest BCUT2D eigenvalue weighted by atomic mass is 9.85. The number of anilines is 1. The van der Waals surface area contributed by atoms with Gasteiger partial charge in [-0.3, -0.25) is 0 Å². The molecule has 0 bridgehead atoms. The van der Waals surface area contributed by atoms with Crippen molar-refractivity contribution < 1.29 is 15.5 Å². The topological polar surface area (TPSA) is 65.9 Å². The smallest absolute Gasteiger partial charge is 0.162 e. The normalized spacial score (nSPS) is 10.2. The van der Waals surface area contributed by atoms with E-state index in [9.17, 15) is 0 Å². The Kier molecular flexibility index (Phi) is 6.46. The Labute approximate surface area is 103 Å². The molecule has 1 aromatic carbocycles. The summed E-state index contributed by atoms with van der Waals surface area (Å²) in [5.41, 5.74) is 4.38. The van der Waals surface area contributed by atoms with Crippen LogP contribution in [0.3, 0.4) is 0 Å². The monoisotopic (exact) mass is 239 g/mol. The average Bonchev–Trinajstić information content (AvgIpc) is 2.28. The maximum atomic E-state index is 8.95. The van der Waals surface area contributed by atoms with Gasteiger partial charge in [0, 0.05) is 24.9 Å². The third-order valence-corrected chi connectivity index (χ3v) is 2.27. The highest BCUT2D eigenvalue weighted by Gasteiger charge is 2.18. The Bertz CT molecular complexity index is 357. The minimum Gasteiger partial charge on any atom is -0.388 e. The van der Waals surface area contributed by atoms with Crippen molar-refractivity contribution in [3.05, 3.63) is 23.8 Å². The SMILES string of the molecule is CC=O.CNc1ccc([NH2+]O)cc1C(C)(C)C. The fraction of sp³-hybridized carbons (Fsp3) is 0.462. The molecule has 0 amide bonds. The summed E-state index contributed by atoms with van der Waals surface area (Å²) in [6.07, 6.45) is 0.750. The molecule has 0 aliphatic carbocycles. The zero-order chi connectivity index (χ0) is 13.5. The fourth-order valence-electron chi connectivity index (χ4n) is 1.48. The fourth-order valence-corrected chi connectivity index (χ4v) is 1.48. The highest BCUT2D eigenvalue weighted by atomic mass is 16.5. The first-order valence-electron chi connectivity index (χ1n) is 5.60. The van der Waals surface area contributed by atoms with E-state index in [1.807, 2.05) is 25.2 Å². The molecule has 0 aliphatic rings. The predicted molar refractivity (Wildman–Crippen MR) is 69.8 cm³/mol. The lowest BCUT2D eigenvalue weighted by molar-refractivity contribution is -0.825. The summed E-state index contributed by atoms with van der Waals surface area (Å²) in [5.74, 6) is 0. The van der Waals surface area contributed by atoms with E-state index in [4.69, 9.17) is 10.0 Å². The van der Waals surface area contributed by atoms with Crippen molar-refractivity contribution in [1.82, 2.24) is 0 Å². The summed E-state index contributed by atoms with van der Waals surface area (Å²) >= 11 is 0. The number of nitrogens with two attached hydrogens (primary N) is 1. The van der Waals surface area contributed by atoms with Crippen LogP contribution in [0, 0.1) is 0 Å².